The van der Waals surface area contributed by atoms with Gasteiger partial charge in [-0.2, -0.15) is 0 Å². The van der Waals surface area contributed by atoms with Gasteiger partial charge in [-0.1, -0.05) is 26.0 Å². The Bertz CT molecular complexity index is 413. The zero-order valence-electron chi connectivity index (χ0n) is 13.3. The van der Waals surface area contributed by atoms with Crippen LogP contribution in [0.2, 0.25) is 0 Å². The molecule has 3 heteroatoms. The second-order valence-electron chi connectivity index (χ2n) is 5.85. The topological polar surface area (TPSA) is 33.3 Å². The van der Waals surface area contributed by atoms with Gasteiger partial charge in [-0.25, -0.2) is 0 Å². The summed E-state index contributed by atoms with van der Waals surface area (Å²) in [7, 11) is 5.71. The molecule has 0 spiro atoms. The van der Waals surface area contributed by atoms with Gasteiger partial charge < -0.3 is 15.4 Å². The Morgan fingerprint density at radius 2 is 1.79 bits per heavy atom. The molecule has 1 aromatic rings. The van der Waals surface area contributed by atoms with Gasteiger partial charge in [0.2, 0.25) is 0 Å². The van der Waals surface area contributed by atoms with Crippen LogP contribution in [0.5, 0.6) is 5.75 Å². The van der Waals surface area contributed by atoms with E-state index in [1.807, 2.05) is 14.1 Å². The Hall–Kier alpha value is -1.06. The van der Waals surface area contributed by atoms with E-state index in [2.05, 4.69) is 56.5 Å². The van der Waals surface area contributed by atoms with Crippen LogP contribution in [0.1, 0.15) is 50.8 Å². The number of methoxy groups -OCH3 is 1. The van der Waals surface area contributed by atoms with Crippen molar-refractivity contribution in [3.05, 3.63) is 29.3 Å². The van der Waals surface area contributed by atoms with E-state index < -0.39 is 0 Å². The SMILES string of the molecule is CNC(c1ccc(C(C)C)cc1OC)C(C)(C)NC. The Morgan fingerprint density at radius 3 is 2.21 bits per heavy atom. The molecule has 3 nitrogen and oxygen atoms in total. The lowest BCUT2D eigenvalue weighted by atomic mass is 9.87. The van der Waals surface area contributed by atoms with Gasteiger partial charge in [0.05, 0.1) is 13.2 Å². The van der Waals surface area contributed by atoms with Gasteiger partial charge in [-0.3, -0.25) is 0 Å². The summed E-state index contributed by atoms with van der Waals surface area (Å²) in [6.45, 7) is 8.76. The fourth-order valence-electron chi connectivity index (χ4n) is 2.37. The number of rotatable bonds is 6. The molecule has 0 heterocycles. The van der Waals surface area contributed by atoms with Crippen molar-refractivity contribution < 1.29 is 4.74 Å². The highest BCUT2D eigenvalue weighted by Crippen LogP contribution is 2.34. The monoisotopic (exact) mass is 264 g/mol. The lowest BCUT2D eigenvalue weighted by molar-refractivity contribution is 0.300. The van der Waals surface area contributed by atoms with Crippen molar-refractivity contribution in [1.29, 1.82) is 0 Å². The molecule has 0 radical (unpaired) electrons. The maximum absolute atomic E-state index is 5.59. The minimum Gasteiger partial charge on any atom is -0.496 e. The molecule has 0 saturated heterocycles. The first-order valence-electron chi connectivity index (χ1n) is 6.91. The third-order valence-corrected chi connectivity index (χ3v) is 3.89. The summed E-state index contributed by atoms with van der Waals surface area (Å²) in [6.07, 6.45) is 0. The maximum Gasteiger partial charge on any atom is 0.123 e. The van der Waals surface area contributed by atoms with E-state index in [4.69, 9.17) is 4.74 Å². The van der Waals surface area contributed by atoms with Gasteiger partial charge >= 0.3 is 0 Å². The number of ether oxygens (including phenoxy) is 1. The average molecular weight is 264 g/mol. The molecule has 1 atom stereocenters. The Morgan fingerprint density at radius 1 is 1.16 bits per heavy atom. The van der Waals surface area contributed by atoms with E-state index in [-0.39, 0.29) is 11.6 Å². The molecule has 0 bridgehead atoms. The first-order chi connectivity index (χ1) is 8.87. The minimum absolute atomic E-state index is 0.0542. The molecule has 1 rings (SSSR count). The van der Waals surface area contributed by atoms with Crippen molar-refractivity contribution in [3.8, 4) is 5.75 Å². The lowest BCUT2D eigenvalue weighted by Crippen LogP contribution is -2.47. The fraction of sp³-hybridized carbons (Fsp3) is 0.625. The van der Waals surface area contributed by atoms with E-state index in [0.717, 1.165) is 5.75 Å². The molecule has 0 amide bonds. The summed E-state index contributed by atoms with van der Waals surface area (Å²) in [4.78, 5) is 0. The molecule has 0 aliphatic carbocycles. The summed E-state index contributed by atoms with van der Waals surface area (Å²) in [5.74, 6) is 1.46. The molecule has 1 aromatic carbocycles. The van der Waals surface area contributed by atoms with Crippen molar-refractivity contribution in [2.24, 2.45) is 0 Å². The predicted octanol–water partition coefficient (Wildman–Crippen LogP) is 3.08. The minimum atomic E-state index is -0.0542. The quantitative estimate of drug-likeness (QED) is 0.828. The highest BCUT2D eigenvalue weighted by atomic mass is 16.5. The third-order valence-electron chi connectivity index (χ3n) is 3.89. The van der Waals surface area contributed by atoms with E-state index in [1.54, 1.807) is 7.11 Å². The van der Waals surface area contributed by atoms with Crippen LogP contribution in [-0.4, -0.2) is 26.7 Å². The second-order valence-corrected chi connectivity index (χ2v) is 5.85. The van der Waals surface area contributed by atoms with Crippen LogP contribution >= 0.6 is 0 Å². The highest BCUT2D eigenvalue weighted by molar-refractivity contribution is 5.42. The van der Waals surface area contributed by atoms with Crippen LogP contribution in [-0.2, 0) is 0 Å². The fourth-order valence-corrected chi connectivity index (χ4v) is 2.37. The number of hydrogen-bond acceptors (Lipinski definition) is 3. The highest BCUT2D eigenvalue weighted by Gasteiger charge is 2.30. The van der Waals surface area contributed by atoms with Crippen LogP contribution in [0.4, 0.5) is 0 Å². The zero-order chi connectivity index (χ0) is 14.6. The first kappa shape index (κ1) is 16.0. The largest absolute Gasteiger partial charge is 0.496 e. The Labute approximate surface area is 117 Å². The predicted molar refractivity (Wildman–Crippen MR) is 82.0 cm³/mol. The van der Waals surface area contributed by atoms with E-state index in [9.17, 15) is 0 Å². The molecule has 1 unspecified atom stereocenters. The van der Waals surface area contributed by atoms with Crippen LogP contribution in [0.25, 0.3) is 0 Å². The summed E-state index contributed by atoms with van der Waals surface area (Å²) in [6, 6.07) is 6.71. The molecule has 108 valence electrons. The molecular weight excluding hydrogens is 236 g/mol. The first-order valence-corrected chi connectivity index (χ1v) is 6.91. The smallest absolute Gasteiger partial charge is 0.123 e. The molecular formula is C16H28N2O. The number of nitrogens with one attached hydrogen (secondary N) is 2. The molecule has 0 aliphatic rings. The summed E-state index contributed by atoms with van der Waals surface area (Å²) in [5.41, 5.74) is 2.44. The van der Waals surface area contributed by atoms with Crippen LogP contribution in [0.15, 0.2) is 18.2 Å². The van der Waals surface area contributed by atoms with Gasteiger partial charge in [0.1, 0.15) is 5.75 Å². The average Bonchev–Trinajstić information content (AvgIpc) is 2.39. The number of benzene rings is 1. The van der Waals surface area contributed by atoms with Gasteiger partial charge in [0.15, 0.2) is 0 Å². The van der Waals surface area contributed by atoms with E-state index in [0.29, 0.717) is 5.92 Å². The number of likely N-dealkylation sites (N-methyl/N-ethyl adjacent to an activating group) is 2. The summed E-state index contributed by atoms with van der Waals surface area (Å²) in [5, 5.41) is 6.75. The molecule has 0 saturated carbocycles. The zero-order valence-corrected chi connectivity index (χ0v) is 13.3. The molecule has 0 aliphatic heterocycles. The van der Waals surface area contributed by atoms with Gasteiger partial charge in [0.25, 0.3) is 0 Å². The lowest BCUT2D eigenvalue weighted by Gasteiger charge is -2.35. The Balaban J connectivity index is 3.25. The van der Waals surface area contributed by atoms with Crippen molar-refractivity contribution in [3.63, 3.8) is 0 Å². The van der Waals surface area contributed by atoms with Crippen molar-refractivity contribution in [2.45, 2.75) is 45.2 Å². The second kappa shape index (κ2) is 6.40. The van der Waals surface area contributed by atoms with Crippen molar-refractivity contribution in [1.82, 2.24) is 10.6 Å². The standard InChI is InChI=1S/C16H28N2O/c1-11(2)12-8-9-13(14(10-12)19-7)15(17-5)16(3,4)18-6/h8-11,15,17-18H,1-7H3. The third kappa shape index (κ3) is 3.48. The number of hydrogen-bond donors (Lipinski definition) is 2. The van der Waals surface area contributed by atoms with Crippen LogP contribution < -0.4 is 15.4 Å². The molecule has 0 aromatic heterocycles. The van der Waals surface area contributed by atoms with Gasteiger partial charge in [-0.15, -0.1) is 0 Å². The van der Waals surface area contributed by atoms with Crippen LogP contribution in [0, 0.1) is 0 Å². The maximum atomic E-state index is 5.59. The van der Waals surface area contributed by atoms with Gasteiger partial charge in [-0.05, 0) is 45.5 Å². The normalized spacial score (nSPS) is 13.7. The van der Waals surface area contributed by atoms with Crippen molar-refractivity contribution >= 4 is 0 Å². The molecule has 19 heavy (non-hydrogen) atoms. The van der Waals surface area contributed by atoms with Gasteiger partial charge in [0, 0.05) is 11.1 Å². The summed E-state index contributed by atoms with van der Waals surface area (Å²) < 4.78 is 5.59. The van der Waals surface area contributed by atoms with E-state index in [1.165, 1.54) is 11.1 Å². The van der Waals surface area contributed by atoms with Crippen molar-refractivity contribution in [2.75, 3.05) is 21.2 Å². The summed E-state index contributed by atoms with van der Waals surface area (Å²) >= 11 is 0. The van der Waals surface area contributed by atoms with E-state index >= 15 is 0 Å². The molecule has 0 fully saturated rings. The molecule has 2 N–H and O–H groups in total. The Kier molecular flexibility index (Phi) is 5.39. The van der Waals surface area contributed by atoms with Crippen LogP contribution in [0.3, 0.4) is 0 Å².